The second kappa shape index (κ2) is 6.27. The van der Waals surface area contributed by atoms with Gasteiger partial charge in [-0.1, -0.05) is 42.0 Å². The molecule has 0 N–H and O–H groups in total. The summed E-state index contributed by atoms with van der Waals surface area (Å²) < 4.78 is 55.3. The van der Waals surface area contributed by atoms with Crippen LogP contribution in [0.1, 0.15) is 16.7 Å². The van der Waals surface area contributed by atoms with Crippen molar-refractivity contribution >= 4 is 15.9 Å². The fourth-order valence-electron chi connectivity index (χ4n) is 1.87. The Morgan fingerprint density at radius 3 is 2.09 bits per heavy atom. The van der Waals surface area contributed by atoms with Gasteiger partial charge in [0.15, 0.2) is 0 Å². The molecule has 0 amide bonds. The fraction of sp³-hybridized carbons (Fsp3) is 0.125. The standard InChI is InChI=1S/C16H14F2O3S/c1-11-7-9-13(10-8-11)22(19,20)21-15(16(17)18)14-6-4-3-5-12(14)2/h3-10H,1-2H3. The van der Waals surface area contributed by atoms with Crippen LogP contribution >= 0.6 is 0 Å². The van der Waals surface area contributed by atoms with Gasteiger partial charge < -0.3 is 4.18 Å². The molecule has 0 saturated heterocycles. The highest BCUT2D eigenvalue weighted by Gasteiger charge is 2.23. The minimum atomic E-state index is -4.32. The van der Waals surface area contributed by atoms with E-state index in [1.165, 1.54) is 24.3 Å². The van der Waals surface area contributed by atoms with Crippen molar-refractivity contribution in [1.82, 2.24) is 0 Å². The van der Waals surface area contributed by atoms with Gasteiger partial charge in [0.2, 0.25) is 5.76 Å². The van der Waals surface area contributed by atoms with Gasteiger partial charge in [-0.2, -0.15) is 17.2 Å². The zero-order valence-electron chi connectivity index (χ0n) is 12.0. The quantitative estimate of drug-likeness (QED) is 0.623. The van der Waals surface area contributed by atoms with Crippen LogP contribution in [0.15, 0.2) is 59.5 Å². The van der Waals surface area contributed by atoms with Crippen molar-refractivity contribution in [3.63, 3.8) is 0 Å². The largest absolute Gasteiger partial charge is 0.373 e. The zero-order valence-corrected chi connectivity index (χ0v) is 12.8. The van der Waals surface area contributed by atoms with Gasteiger partial charge in [0.05, 0.1) is 0 Å². The molecule has 0 aromatic heterocycles. The smallest absolute Gasteiger partial charge is 0.339 e. The Kier molecular flexibility index (Phi) is 4.61. The molecule has 0 unspecified atom stereocenters. The molecule has 0 spiro atoms. The zero-order chi connectivity index (χ0) is 16.3. The summed E-state index contributed by atoms with van der Waals surface area (Å²) in [5.41, 5.74) is 1.38. The Balaban J connectivity index is 2.43. The summed E-state index contributed by atoms with van der Waals surface area (Å²) >= 11 is 0. The number of hydrogen-bond acceptors (Lipinski definition) is 3. The van der Waals surface area contributed by atoms with E-state index in [2.05, 4.69) is 0 Å². The first kappa shape index (κ1) is 16.2. The van der Waals surface area contributed by atoms with Crippen LogP contribution in [0.3, 0.4) is 0 Å². The number of halogens is 2. The average molecular weight is 324 g/mol. The molecule has 22 heavy (non-hydrogen) atoms. The molecule has 2 rings (SSSR count). The Labute approximate surface area is 128 Å². The van der Waals surface area contributed by atoms with Gasteiger partial charge in [0.1, 0.15) is 4.90 Å². The van der Waals surface area contributed by atoms with Crippen LogP contribution in [0.25, 0.3) is 5.76 Å². The third kappa shape index (κ3) is 3.51. The van der Waals surface area contributed by atoms with Gasteiger partial charge in [-0.15, -0.1) is 0 Å². The lowest BCUT2D eigenvalue weighted by atomic mass is 10.1. The minimum Gasteiger partial charge on any atom is -0.373 e. The van der Waals surface area contributed by atoms with E-state index >= 15 is 0 Å². The third-order valence-electron chi connectivity index (χ3n) is 3.06. The Morgan fingerprint density at radius 2 is 1.55 bits per heavy atom. The molecule has 0 heterocycles. The van der Waals surface area contributed by atoms with Gasteiger partial charge in [0.25, 0.3) is 0 Å². The molecule has 2 aromatic carbocycles. The molecule has 0 bridgehead atoms. The lowest BCUT2D eigenvalue weighted by Crippen LogP contribution is -2.07. The van der Waals surface area contributed by atoms with Gasteiger partial charge in [-0.05, 0) is 31.5 Å². The first-order chi connectivity index (χ1) is 10.3. The maximum Gasteiger partial charge on any atom is 0.339 e. The lowest BCUT2D eigenvalue weighted by Gasteiger charge is -2.12. The molecule has 6 heteroatoms. The fourth-order valence-corrected chi connectivity index (χ4v) is 2.81. The van der Waals surface area contributed by atoms with Crippen LogP contribution in [-0.4, -0.2) is 8.42 Å². The average Bonchev–Trinajstić information content (AvgIpc) is 2.46. The molecule has 2 aromatic rings. The summed E-state index contributed by atoms with van der Waals surface area (Å²) in [6.07, 6.45) is -2.19. The normalized spacial score (nSPS) is 11.1. The van der Waals surface area contributed by atoms with Crippen LogP contribution in [-0.2, 0) is 14.3 Å². The number of aryl methyl sites for hydroxylation is 2. The van der Waals surface area contributed by atoms with Crippen molar-refractivity contribution in [3.05, 3.63) is 71.3 Å². The molecule has 0 aliphatic rings. The maximum atomic E-state index is 13.2. The van der Waals surface area contributed by atoms with Gasteiger partial charge in [0, 0.05) is 5.56 Å². The molecule has 0 radical (unpaired) electrons. The van der Waals surface area contributed by atoms with E-state index in [4.69, 9.17) is 4.18 Å². The molecule has 0 aliphatic heterocycles. The van der Waals surface area contributed by atoms with Crippen molar-refractivity contribution in [2.24, 2.45) is 0 Å². The molecular formula is C16H14F2O3S. The van der Waals surface area contributed by atoms with Crippen LogP contribution in [0, 0.1) is 13.8 Å². The molecule has 0 fully saturated rings. The monoisotopic (exact) mass is 324 g/mol. The van der Waals surface area contributed by atoms with Crippen LogP contribution < -0.4 is 0 Å². The van der Waals surface area contributed by atoms with Crippen molar-refractivity contribution in [2.45, 2.75) is 18.7 Å². The number of hydrogen-bond donors (Lipinski definition) is 0. The van der Waals surface area contributed by atoms with E-state index in [1.807, 2.05) is 0 Å². The second-order valence-corrected chi connectivity index (χ2v) is 6.30. The minimum absolute atomic E-state index is 0.0400. The second-order valence-electron chi connectivity index (χ2n) is 4.75. The van der Waals surface area contributed by atoms with E-state index in [9.17, 15) is 17.2 Å². The van der Waals surface area contributed by atoms with E-state index in [-0.39, 0.29) is 10.5 Å². The molecule has 116 valence electrons. The summed E-state index contributed by atoms with van der Waals surface area (Å²) in [5.74, 6) is -0.946. The van der Waals surface area contributed by atoms with E-state index in [0.717, 1.165) is 5.56 Å². The number of rotatable bonds is 4. The van der Waals surface area contributed by atoms with Crippen LogP contribution in [0.2, 0.25) is 0 Å². The molecule has 0 saturated carbocycles. The Hall–Kier alpha value is -2.21. The SMILES string of the molecule is Cc1ccc(S(=O)(=O)OC(=C(F)F)c2ccccc2C)cc1. The molecular weight excluding hydrogens is 310 g/mol. The molecule has 0 atom stereocenters. The van der Waals surface area contributed by atoms with Gasteiger partial charge >= 0.3 is 16.2 Å². The van der Waals surface area contributed by atoms with Crippen LogP contribution in [0.5, 0.6) is 0 Å². The summed E-state index contributed by atoms with van der Waals surface area (Å²) in [6.45, 7) is 3.39. The van der Waals surface area contributed by atoms with Crippen molar-refractivity contribution in [2.75, 3.05) is 0 Å². The molecule has 3 nitrogen and oxygen atoms in total. The summed E-state index contributed by atoms with van der Waals surface area (Å²) in [5, 5.41) is 0. The highest BCUT2D eigenvalue weighted by molar-refractivity contribution is 7.87. The highest BCUT2D eigenvalue weighted by atomic mass is 32.2. The van der Waals surface area contributed by atoms with E-state index in [1.54, 1.807) is 38.1 Å². The van der Waals surface area contributed by atoms with Gasteiger partial charge in [-0.3, -0.25) is 0 Å². The van der Waals surface area contributed by atoms with Crippen LogP contribution in [0.4, 0.5) is 8.78 Å². The summed E-state index contributed by atoms with van der Waals surface area (Å²) in [7, 11) is -4.32. The Morgan fingerprint density at radius 1 is 0.955 bits per heavy atom. The van der Waals surface area contributed by atoms with Gasteiger partial charge in [-0.25, -0.2) is 0 Å². The van der Waals surface area contributed by atoms with Crippen molar-refractivity contribution in [1.29, 1.82) is 0 Å². The third-order valence-corrected chi connectivity index (χ3v) is 4.30. The predicted molar refractivity (Wildman–Crippen MR) is 79.8 cm³/mol. The van der Waals surface area contributed by atoms with Crippen molar-refractivity contribution in [3.8, 4) is 0 Å². The van der Waals surface area contributed by atoms with E-state index in [0.29, 0.717) is 5.56 Å². The number of benzene rings is 2. The molecule has 0 aliphatic carbocycles. The van der Waals surface area contributed by atoms with Crippen molar-refractivity contribution < 1.29 is 21.4 Å². The summed E-state index contributed by atoms with van der Waals surface area (Å²) in [4.78, 5) is -0.176. The lowest BCUT2D eigenvalue weighted by molar-refractivity contribution is 0.381. The maximum absolute atomic E-state index is 13.2. The Bertz CT molecular complexity index is 806. The predicted octanol–water partition coefficient (Wildman–Crippen LogP) is 4.27. The first-order valence-electron chi connectivity index (χ1n) is 6.43. The topological polar surface area (TPSA) is 43.4 Å². The van der Waals surface area contributed by atoms with E-state index < -0.39 is 22.0 Å². The summed E-state index contributed by atoms with van der Waals surface area (Å²) in [6, 6.07) is 12.0. The first-order valence-corrected chi connectivity index (χ1v) is 7.84. The highest BCUT2D eigenvalue weighted by Crippen LogP contribution is 2.29.